The molecule has 1 amide bonds. The molecule has 1 rings (SSSR count). The second kappa shape index (κ2) is 6.91. The first-order valence-corrected chi connectivity index (χ1v) is 7.39. The van der Waals surface area contributed by atoms with Crippen LogP contribution in [0.3, 0.4) is 0 Å². The van der Waals surface area contributed by atoms with Gasteiger partial charge in [0.25, 0.3) is 0 Å². The third-order valence-corrected chi connectivity index (χ3v) is 3.65. The summed E-state index contributed by atoms with van der Waals surface area (Å²) in [7, 11) is 0. The van der Waals surface area contributed by atoms with Gasteiger partial charge in [0.15, 0.2) is 0 Å². The van der Waals surface area contributed by atoms with E-state index in [1.807, 2.05) is 26.8 Å². The maximum absolute atomic E-state index is 12.4. The lowest BCUT2D eigenvalue weighted by atomic mass is 9.73. The summed E-state index contributed by atoms with van der Waals surface area (Å²) < 4.78 is 5.12. The minimum absolute atomic E-state index is 0.0536. The van der Waals surface area contributed by atoms with Crippen molar-refractivity contribution in [3.63, 3.8) is 0 Å². The minimum atomic E-state index is -0.325. The van der Waals surface area contributed by atoms with Gasteiger partial charge in [0.2, 0.25) is 5.91 Å². The van der Waals surface area contributed by atoms with Crippen LogP contribution in [0.4, 0.5) is 0 Å². The van der Waals surface area contributed by atoms with E-state index in [0.29, 0.717) is 25.4 Å². The van der Waals surface area contributed by atoms with Crippen molar-refractivity contribution in [2.75, 3.05) is 6.61 Å². The second-order valence-corrected chi connectivity index (χ2v) is 6.51. The number of carbonyl (C=O) groups is 2. The molecule has 0 aromatic carbocycles. The SMILES string of the molecule is C=C[C@@H]1CC[C@@H](C(=O)OCC)[C@@H](C(=O)NC(C)(C)C)C1. The molecule has 0 bridgehead atoms. The van der Waals surface area contributed by atoms with Crippen molar-refractivity contribution >= 4 is 11.9 Å². The fourth-order valence-corrected chi connectivity index (χ4v) is 2.70. The molecule has 0 aromatic heterocycles. The Kier molecular flexibility index (Phi) is 5.78. The van der Waals surface area contributed by atoms with Crippen LogP contribution in [-0.2, 0) is 14.3 Å². The standard InChI is InChI=1S/C16H27NO3/c1-6-11-8-9-12(15(19)20-7-2)13(10-11)14(18)17-16(3,4)5/h6,11-13H,1,7-10H2,2-5H3,(H,17,18)/t11-,12-,13+/m1/s1. The van der Waals surface area contributed by atoms with Gasteiger partial charge >= 0.3 is 5.97 Å². The molecule has 1 aliphatic carbocycles. The van der Waals surface area contributed by atoms with Crippen LogP contribution in [0.5, 0.6) is 0 Å². The molecule has 3 atom stereocenters. The van der Waals surface area contributed by atoms with Gasteiger partial charge in [0.05, 0.1) is 18.4 Å². The molecule has 1 saturated carbocycles. The highest BCUT2D eigenvalue weighted by molar-refractivity contribution is 5.86. The number of hydrogen-bond donors (Lipinski definition) is 1. The molecule has 1 fully saturated rings. The van der Waals surface area contributed by atoms with Crippen molar-refractivity contribution in [1.29, 1.82) is 0 Å². The first-order chi connectivity index (χ1) is 9.28. The Hall–Kier alpha value is -1.32. The van der Waals surface area contributed by atoms with Crippen molar-refractivity contribution in [2.24, 2.45) is 17.8 Å². The molecule has 0 saturated heterocycles. The van der Waals surface area contributed by atoms with Crippen LogP contribution >= 0.6 is 0 Å². The average Bonchev–Trinajstić information content (AvgIpc) is 2.36. The van der Waals surface area contributed by atoms with E-state index >= 15 is 0 Å². The Morgan fingerprint density at radius 2 is 1.95 bits per heavy atom. The molecule has 1 aliphatic rings. The lowest BCUT2D eigenvalue weighted by molar-refractivity contribution is -0.155. The van der Waals surface area contributed by atoms with Gasteiger partial charge in [0, 0.05) is 5.54 Å². The number of nitrogens with one attached hydrogen (secondary N) is 1. The fraction of sp³-hybridized carbons (Fsp3) is 0.750. The van der Waals surface area contributed by atoms with Crippen LogP contribution in [0, 0.1) is 17.8 Å². The van der Waals surface area contributed by atoms with Gasteiger partial charge in [-0.15, -0.1) is 6.58 Å². The van der Waals surface area contributed by atoms with Crippen molar-refractivity contribution in [3.8, 4) is 0 Å². The molecule has 0 radical (unpaired) electrons. The van der Waals surface area contributed by atoms with Crippen LogP contribution < -0.4 is 5.32 Å². The smallest absolute Gasteiger partial charge is 0.309 e. The maximum atomic E-state index is 12.4. The summed E-state index contributed by atoms with van der Waals surface area (Å²) in [6.45, 7) is 11.8. The summed E-state index contributed by atoms with van der Waals surface area (Å²) in [5, 5.41) is 2.98. The lowest BCUT2D eigenvalue weighted by Crippen LogP contribution is -2.48. The molecule has 0 heterocycles. The third-order valence-electron chi connectivity index (χ3n) is 3.65. The molecule has 0 aromatic rings. The summed E-state index contributed by atoms with van der Waals surface area (Å²) in [4.78, 5) is 24.5. The van der Waals surface area contributed by atoms with Crippen LogP contribution in [0.1, 0.15) is 47.0 Å². The van der Waals surface area contributed by atoms with Gasteiger partial charge in [-0.1, -0.05) is 6.08 Å². The molecular formula is C16H27NO3. The molecular weight excluding hydrogens is 254 g/mol. The number of rotatable bonds is 4. The van der Waals surface area contributed by atoms with Crippen LogP contribution in [-0.4, -0.2) is 24.0 Å². The predicted octanol–water partition coefficient (Wildman–Crippen LogP) is 2.68. The Labute approximate surface area is 122 Å². The van der Waals surface area contributed by atoms with Gasteiger partial charge < -0.3 is 10.1 Å². The molecule has 1 N–H and O–H groups in total. The van der Waals surface area contributed by atoms with E-state index in [1.165, 1.54) is 0 Å². The zero-order valence-corrected chi connectivity index (χ0v) is 13.1. The van der Waals surface area contributed by atoms with Gasteiger partial charge in [-0.05, 0) is 52.9 Å². The fourth-order valence-electron chi connectivity index (χ4n) is 2.70. The zero-order chi connectivity index (χ0) is 15.3. The summed E-state index contributed by atoms with van der Waals surface area (Å²) in [5.41, 5.74) is -0.294. The molecule has 4 nitrogen and oxygen atoms in total. The minimum Gasteiger partial charge on any atom is -0.466 e. The summed E-state index contributed by atoms with van der Waals surface area (Å²) in [5.74, 6) is -0.638. The Morgan fingerprint density at radius 1 is 1.30 bits per heavy atom. The molecule has 4 heteroatoms. The van der Waals surface area contributed by atoms with Gasteiger partial charge in [-0.3, -0.25) is 9.59 Å². The number of carbonyl (C=O) groups excluding carboxylic acids is 2. The normalized spacial score (nSPS) is 26.7. The summed E-state index contributed by atoms with van der Waals surface area (Å²) >= 11 is 0. The van der Waals surface area contributed by atoms with Crippen molar-refractivity contribution in [2.45, 2.75) is 52.5 Å². The molecule has 20 heavy (non-hydrogen) atoms. The van der Waals surface area contributed by atoms with E-state index in [1.54, 1.807) is 6.92 Å². The average molecular weight is 281 g/mol. The van der Waals surface area contributed by atoms with Gasteiger partial charge in [-0.25, -0.2) is 0 Å². The lowest BCUT2D eigenvalue weighted by Gasteiger charge is -2.34. The maximum Gasteiger partial charge on any atom is 0.309 e. The van der Waals surface area contributed by atoms with E-state index in [-0.39, 0.29) is 29.3 Å². The number of amides is 1. The van der Waals surface area contributed by atoms with Crippen molar-refractivity contribution in [1.82, 2.24) is 5.32 Å². The summed E-state index contributed by atoms with van der Waals surface area (Å²) in [6, 6.07) is 0. The van der Waals surface area contributed by atoms with E-state index in [9.17, 15) is 9.59 Å². The van der Waals surface area contributed by atoms with Crippen molar-refractivity contribution in [3.05, 3.63) is 12.7 Å². The quantitative estimate of drug-likeness (QED) is 0.636. The first kappa shape index (κ1) is 16.7. The topological polar surface area (TPSA) is 55.4 Å². The highest BCUT2D eigenvalue weighted by Crippen LogP contribution is 2.35. The second-order valence-electron chi connectivity index (χ2n) is 6.51. The number of esters is 1. The predicted molar refractivity (Wildman–Crippen MR) is 79.0 cm³/mol. The van der Waals surface area contributed by atoms with E-state index in [0.717, 1.165) is 6.42 Å². The number of ether oxygens (including phenoxy) is 1. The molecule has 0 unspecified atom stereocenters. The zero-order valence-electron chi connectivity index (χ0n) is 13.1. The van der Waals surface area contributed by atoms with Crippen LogP contribution in [0.15, 0.2) is 12.7 Å². The van der Waals surface area contributed by atoms with E-state index in [2.05, 4.69) is 11.9 Å². The van der Waals surface area contributed by atoms with E-state index in [4.69, 9.17) is 4.74 Å². The third kappa shape index (κ3) is 4.66. The number of allylic oxidation sites excluding steroid dienone is 1. The van der Waals surface area contributed by atoms with Crippen molar-refractivity contribution < 1.29 is 14.3 Å². The highest BCUT2D eigenvalue weighted by atomic mass is 16.5. The van der Waals surface area contributed by atoms with Crippen LogP contribution in [0.2, 0.25) is 0 Å². The molecule has 114 valence electrons. The van der Waals surface area contributed by atoms with Gasteiger partial charge in [0.1, 0.15) is 0 Å². The highest BCUT2D eigenvalue weighted by Gasteiger charge is 2.40. The molecule has 0 spiro atoms. The Balaban J connectivity index is 2.84. The largest absolute Gasteiger partial charge is 0.466 e. The number of hydrogen-bond acceptors (Lipinski definition) is 3. The van der Waals surface area contributed by atoms with Crippen LogP contribution in [0.25, 0.3) is 0 Å². The first-order valence-electron chi connectivity index (χ1n) is 7.39. The Bertz CT molecular complexity index is 370. The van der Waals surface area contributed by atoms with Gasteiger partial charge in [-0.2, -0.15) is 0 Å². The monoisotopic (exact) mass is 281 g/mol. The Morgan fingerprint density at radius 3 is 2.45 bits per heavy atom. The molecule has 0 aliphatic heterocycles. The van der Waals surface area contributed by atoms with E-state index < -0.39 is 0 Å². The summed E-state index contributed by atoms with van der Waals surface area (Å²) in [6.07, 6.45) is 4.15.